The lowest BCUT2D eigenvalue weighted by molar-refractivity contribution is -0.122. The molecule has 25 heavy (non-hydrogen) atoms. The van der Waals surface area contributed by atoms with Crippen LogP contribution < -0.4 is 20.9 Å². The van der Waals surface area contributed by atoms with Crippen molar-refractivity contribution in [3.63, 3.8) is 0 Å². The van der Waals surface area contributed by atoms with Gasteiger partial charge in [-0.2, -0.15) is 0 Å². The van der Waals surface area contributed by atoms with Crippen LogP contribution in [-0.2, 0) is 11.3 Å². The van der Waals surface area contributed by atoms with Crippen LogP contribution in [-0.4, -0.2) is 36.5 Å². The Morgan fingerprint density at radius 3 is 2.92 bits per heavy atom. The lowest BCUT2D eigenvalue weighted by atomic mass is 9.96. The number of hydrogen-bond donors (Lipinski definition) is 3. The van der Waals surface area contributed by atoms with E-state index in [0.717, 1.165) is 43.9 Å². The number of hydrogen-bond acceptors (Lipinski definition) is 5. The topological polar surface area (TPSA) is 85.8 Å². The number of aliphatic imine (C=N–C) groups is 1. The fourth-order valence-corrected chi connectivity index (χ4v) is 3.47. The minimum atomic E-state index is -0.758. The molecule has 1 aromatic rings. The summed E-state index contributed by atoms with van der Waals surface area (Å²) in [7, 11) is 0. The second-order valence-electron chi connectivity index (χ2n) is 7.08. The average Bonchev–Trinajstić information content (AvgIpc) is 3.44. The molecule has 132 valence electrons. The molecule has 2 fully saturated rings. The van der Waals surface area contributed by atoms with E-state index in [2.05, 4.69) is 20.9 Å². The van der Waals surface area contributed by atoms with Gasteiger partial charge in [0, 0.05) is 19.6 Å². The van der Waals surface area contributed by atoms with Crippen LogP contribution in [0.2, 0.25) is 0 Å². The Morgan fingerprint density at radius 2 is 2.20 bits per heavy atom. The number of amides is 3. The minimum absolute atomic E-state index is 0.150. The van der Waals surface area contributed by atoms with E-state index in [9.17, 15) is 9.59 Å². The quantitative estimate of drug-likeness (QED) is 0.722. The van der Waals surface area contributed by atoms with Gasteiger partial charge in [0.1, 0.15) is 5.54 Å². The maximum Gasteiger partial charge on any atom is 0.329 e. The van der Waals surface area contributed by atoms with Crippen molar-refractivity contribution in [1.82, 2.24) is 16.0 Å². The summed E-state index contributed by atoms with van der Waals surface area (Å²) >= 11 is 0. The molecule has 1 aliphatic carbocycles. The van der Waals surface area contributed by atoms with Gasteiger partial charge in [0.25, 0.3) is 5.91 Å². The maximum atomic E-state index is 12.8. The number of rotatable bonds is 4. The first-order chi connectivity index (χ1) is 12.1. The van der Waals surface area contributed by atoms with Crippen LogP contribution in [0.3, 0.4) is 0 Å². The van der Waals surface area contributed by atoms with E-state index >= 15 is 0 Å². The Balaban J connectivity index is 1.50. The Labute approximate surface area is 146 Å². The van der Waals surface area contributed by atoms with Crippen LogP contribution in [0.5, 0.6) is 0 Å². The Hall–Kier alpha value is -2.57. The van der Waals surface area contributed by atoms with Crippen molar-refractivity contribution in [2.75, 3.05) is 18.0 Å². The first-order valence-electron chi connectivity index (χ1n) is 8.86. The van der Waals surface area contributed by atoms with Crippen LogP contribution in [0, 0.1) is 5.92 Å². The highest BCUT2D eigenvalue weighted by Crippen LogP contribution is 2.43. The standard InChI is InChI=1S/C18H23N5O2/c1-18(13-6-7-13)15(24)23(17(25)22-18)14-5-2-4-12(10-14)11-21-16-19-8-3-9-20-16/h2,4-5,10,13H,3,6-9,11H2,1H3,(H,22,25)(H2,19,20,21). The van der Waals surface area contributed by atoms with Gasteiger partial charge in [-0.25, -0.2) is 9.69 Å². The first-order valence-corrected chi connectivity index (χ1v) is 8.86. The Kier molecular flexibility index (Phi) is 3.86. The largest absolute Gasteiger partial charge is 0.356 e. The normalized spacial score (nSPS) is 26.1. The molecular weight excluding hydrogens is 318 g/mol. The summed E-state index contributed by atoms with van der Waals surface area (Å²) in [6, 6.07) is 7.19. The predicted molar refractivity (Wildman–Crippen MR) is 95.4 cm³/mol. The van der Waals surface area contributed by atoms with Gasteiger partial charge in [-0.1, -0.05) is 12.1 Å². The van der Waals surface area contributed by atoms with Crippen LogP contribution in [0.1, 0.15) is 31.7 Å². The van der Waals surface area contributed by atoms with Crippen molar-refractivity contribution in [3.05, 3.63) is 29.8 Å². The number of nitrogens with one attached hydrogen (secondary N) is 3. The number of imide groups is 1. The molecule has 0 radical (unpaired) electrons. The lowest BCUT2D eigenvalue weighted by Gasteiger charge is -2.21. The lowest BCUT2D eigenvalue weighted by Crippen LogP contribution is -2.46. The fraction of sp³-hybridized carbons (Fsp3) is 0.500. The van der Waals surface area contributed by atoms with E-state index in [1.54, 1.807) is 6.07 Å². The molecule has 7 nitrogen and oxygen atoms in total. The van der Waals surface area contributed by atoms with Crippen LogP contribution in [0.25, 0.3) is 0 Å². The molecule has 1 saturated carbocycles. The monoisotopic (exact) mass is 341 g/mol. The second kappa shape index (κ2) is 6.06. The molecule has 3 aliphatic rings. The SMILES string of the molecule is CC1(C2CC2)NC(=O)N(c2cccc(CNC3=NCCCN3)c2)C1=O. The number of nitrogens with zero attached hydrogens (tertiary/aromatic N) is 2. The fourth-order valence-electron chi connectivity index (χ4n) is 3.47. The summed E-state index contributed by atoms with van der Waals surface area (Å²) in [4.78, 5) is 30.9. The van der Waals surface area contributed by atoms with Crippen molar-refractivity contribution in [3.8, 4) is 0 Å². The zero-order valence-corrected chi connectivity index (χ0v) is 14.3. The van der Waals surface area contributed by atoms with Crippen LogP contribution in [0.4, 0.5) is 10.5 Å². The molecular formula is C18H23N5O2. The predicted octanol–water partition coefficient (Wildman–Crippen LogP) is 1.35. The highest BCUT2D eigenvalue weighted by Gasteiger charge is 2.56. The average molecular weight is 341 g/mol. The van der Waals surface area contributed by atoms with E-state index in [1.165, 1.54) is 4.90 Å². The maximum absolute atomic E-state index is 12.8. The van der Waals surface area contributed by atoms with Crippen molar-refractivity contribution in [1.29, 1.82) is 0 Å². The second-order valence-corrected chi connectivity index (χ2v) is 7.08. The molecule has 0 aromatic heterocycles. The molecule has 1 atom stereocenters. The number of urea groups is 1. The van der Waals surface area contributed by atoms with Crippen molar-refractivity contribution in [2.24, 2.45) is 10.9 Å². The highest BCUT2D eigenvalue weighted by atomic mass is 16.2. The summed E-state index contributed by atoms with van der Waals surface area (Å²) in [6.45, 7) is 4.18. The molecule has 2 heterocycles. The van der Waals surface area contributed by atoms with Crippen LogP contribution >= 0.6 is 0 Å². The van der Waals surface area contributed by atoms with Crippen LogP contribution in [0.15, 0.2) is 29.3 Å². The van der Waals surface area contributed by atoms with Gasteiger partial charge < -0.3 is 16.0 Å². The third-order valence-electron chi connectivity index (χ3n) is 5.14. The van der Waals surface area contributed by atoms with Crippen molar-refractivity contribution >= 4 is 23.6 Å². The minimum Gasteiger partial charge on any atom is -0.356 e. The van der Waals surface area contributed by atoms with Crippen molar-refractivity contribution in [2.45, 2.75) is 38.3 Å². The molecule has 0 spiro atoms. The molecule has 1 unspecified atom stereocenters. The van der Waals surface area contributed by atoms with Gasteiger partial charge >= 0.3 is 6.03 Å². The van der Waals surface area contributed by atoms with E-state index in [1.807, 2.05) is 25.1 Å². The summed E-state index contributed by atoms with van der Waals surface area (Å²) < 4.78 is 0. The Bertz CT molecular complexity index is 743. The van der Waals surface area contributed by atoms with Gasteiger partial charge in [0.15, 0.2) is 5.96 Å². The summed E-state index contributed by atoms with van der Waals surface area (Å²) in [5, 5.41) is 9.36. The molecule has 4 rings (SSSR count). The number of guanidine groups is 1. The zero-order valence-electron chi connectivity index (χ0n) is 14.3. The number of carbonyl (C=O) groups excluding carboxylic acids is 2. The molecule has 2 aliphatic heterocycles. The summed E-state index contributed by atoms with van der Waals surface area (Å²) in [6.07, 6.45) is 3.04. The third-order valence-corrected chi connectivity index (χ3v) is 5.14. The first kappa shape index (κ1) is 15.9. The van der Waals surface area contributed by atoms with Crippen molar-refractivity contribution < 1.29 is 9.59 Å². The van der Waals surface area contributed by atoms with E-state index in [4.69, 9.17) is 0 Å². The molecule has 1 aromatic carbocycles. The Morgan fingerprint density at radius 1 is 1.36 bits per heavy atom. The molecule has 3 N–H and O–H groups in total. The highest BCUT2D eigenvalue weighted by molar-refractivity contribution is 6.23. The summed E-state index contributed by atoms with van der Waals surface area (Å²) in [5.74, 6) is 0.908. The van der Waals surface area contributed by atoms with Gasteiger partial charge in [0.2, 0.25) is 0 Å². The van der Waals surface area contributed by atoms with Gasteiger partial charge in [-0.3, -0.25) is 9.79 Å². The van der Waals surface area contributed by atoms with Gasteiger partial charge in [0.05, 0.1) is 5.69 Å². The number of benzene rings is 1. The van der Waals surface area contributed by atoms with Gasteiger partial charge in [-0.15, -0.1) is 0 Å². The van der Waals surface area contributed by atoms with E-state index in [0.29, 0.717) is 12.2 Å². The molecule has 3 amide bonds. The number of anilines is 1. The number of carbonyl (C=O) groups is 2. The van der Waals surface area contributed by atoms with E-state index < -0.39 is 5.54 Å². The smallest absolute Gasteiger partial charge is 0.329 e. The zero-order chi connectivity index (χ0) is 17.4. The summed E-state index contributed by atoms with van der Waals surface area (Å²) in [5.41, 5.74) is 0.851. The van der Waals surface area contributed by atoms with Gasteiger partial charge in [-0.05, 0) is 49.8 Å². The van der Waals surface area contributed by atoms with E-state index in [-0.39, 0.29) is 17.9 Å². The third kappa shape index (κ3) is 2.94. The molecule has 0 bridgehead atoms. The molecule has 1 saturated heterocycles. The molecule has 7 heteroatoms.